The minimum Gasteiger partial charge on any atom is -0.486 e. The van der Waals surface area contributed by atoms with Gasteiger partial charge in [-0.3, -0.25) is 4.79 Å². The van der Waals surface area contributed by atoms with Crippen LogP contribution in [0.15, 0.2) is 24.3 Å². The van der Waals surface area contributed by atoms with Crippen molar-refractivity contribution in [2.75, 3.05) is 0 Å². The third kappa shape index (κ3) is 2.45. The summed E-state index contributed by atoms with van der Waals surface area (Å²) in [6.07, 6.45) is 0.651. The third-order valence-corrected chi connectivity index (χ3v) is 2.60. The molecule has 0 unspecified atom stereocenters. The van der Waals surface area contributed by atoms with Gasteiger partial charge < -0.3 is 4.74 Å². The summed E-state index contributed by atoms with van der Waals surface area (Å²) in [5.74, 6) is 0.562. The number of carbonyl (C=O) groups excluding carboxylic acids is 1. The molecule has 17 heavy (non-hydrogen) atoms. The Morgan fingerprint density at radius 1 is 1.47 bits per heavy atom. The van der Waals surface area contributed by atoms with Gasteiger partial charge in [0.25, 0.3) is 0 Å². The summed E-state index contributed by atoms with van der Waals surface area (Å²) in [5.41, 5.74) is 0.888. The van der Waals surface area contributed by atoms with Crippen LogP contribution in [0.2, 0.25) is 5.02 Å². The molecule has 0 N–H and O–H groups in total. The van der Waals surface area contributed by atoms with Gasteiger partial charge in [-0.15, -0.1) is 5.10 Å². The van der Waals surface area contributed by atoms with Gasteiger partial charge in [0.1, 0.15) is 18.1 Å². The van der Waals surface area contributed by atoms with E-state index in [1.54, 1.807) is 19.2 Å². The monoisotopic (exact) mass is 251 g/mol. The lowest BCUT2D eigenvalue weighted by molar-refractivity contribution is 0.111. The average molecular weight is 252 g/mol. The number of aldehydes is 1. The molecule has 2 aromatic rings. The summed E-state index contributed by atoms with van der Waals surface area (Å²) in [6.45, 7) is 0.196. The largest absolute Gasteiger partial charge is 0.486 e. The van der Waals surface area contributed by atoms with Gasteiger partial charge in [0.05, 0.1) is 5.02 Å². The number of benzene rings is 1. The van der Waals surface area contributed by atoms with Crippen LogP contribution < -0.4 is 4.74 Å². The van der Waals surface area contributed by atoms with Crippen LogP contribution >= 0.6 is 11.6 Å². The lowest BCUT2D eigenvalue weighted by Gasteiger charge is -2.07. The molecule has 2 rings (SSSR count). The van der Waals surface area contributed by atoms with Crippen LogP contribution in [0.1, 0.15) is 16.2 Å². The number of hydrogen-bond donors (Lipinski definition) is 0. The quantitative estimate of drug-likeness (QED) is 0.779. The van der Waals surface area contributed by atoms with Gasteiger partial charge in [0, 0.05) is 7.05 Å². The van der Waals surface area contributed by atoms with Gasteiger partial charge in [0.15, 0.2) is 12.0 Å². The fourth-order valence-corrected chi connectivity index (χ4v) is 1.55. The van der Waals surface area contributed by atoms with Crippen molar-refractivity contribution in [3.8, 4) is 5.75 Å². The van der Waals surface area contributed by atoms with E-state index in [2.05, 4.69) is 10.3 Å². The van der Waals surface area contributed by atoms with E-state index in [1.807, 2.05) is 12.1 Å². The van der Waals surface area contributed by atoms with Gasteiger partial charge in [-0.05, 0) is 12.1 Å². The van der Waals surface area contributed by atoms with Crippen LogP contribution in [-0.2, 0) is 13.7 Å². The van der Waals surface area contributed by atoms with Crippen LogP contribution in [0.5, 0.6) is 5.75 Å². The molecule has 5 nitrogen and oxygen atoms in total. The number of nitrogens with zero attached hydrogens (tertiary/aromatic N) is 3. The van der Waals surface area contributed by atoms with Crippen molar-refractivity contribution in [3.63, 3.8) is 0 Å². The predicted molar refractivity (Wildman–Crippen MR) is 62.2 cm³/mol. The standard InChI is InChI=1S/C11H10ClN3O2/c1-15-10(9(6-16)13-14-15)7-17-11-5-3-2-4-8(11)12/h2-6H,7H2,1H3. The molecule has 0 aliphatic carbocycles. The number of para-hydroxylation sites is 1. The first-order valence-corrected chi connectivity index (χ1v) is 5.31. The van der Waals surface area contributed by atoms with Gasteiger partial charge >= 0.3 is 0 Å². The van der Waals surface area contributed by atoms with Crippen molar-refractivity contribution in [2.45, 2.75) is 6.61 Å². The van der Waals surface area contributed by atoms with E-state index in [-0.39, 0.29) is 12.3 Å². The van der Waals surface area contributed by atoms with Gasteiger partial charge in [-0.1, -0.05) is 28.9 Å². The normalized spacial score (nSPS) is 10.2. The number of carbonyl (C=O) groups is 1. The zero-order valence-corrected chi connectivity index (χ0v) is 9.89. The van der Waals surface area contributed by atoms with Crippen LogP contribution in [0.3, 0.4) is 0 Å². The Kier molecular flexibility index (Phi) is 3.39. The molecule has 0 bridgehead atoms. The molecule has 0 atom stereocenters. The molecule has 6 heteroatoms. The Morgan fingerprint density at radius 2 is 2.24 bits per heavy atom. The number of ether oxygens (including phenoxy) is 1. The number of aryl methyl sites for hydroxylation is 1. The topological polar surface area (TPSA) is 57.0 Å². The molecule has 1 aromatic heterocycles. The maximum Gasteiger partial charge on any atom is 0.172 e. The van der Waals surface area contributed by atoms with E-state index in [1.165, 1.54) is 4.68 Å². The maximum absolute atomic E-state index is 10.7. The molecule has 0 spiro atoms. The molecule has 0 aliphatic heterocycles. The van der Waals surface area contributed by atoms with Crippen molar-refractivity contribution < 1.29 is 9.53 Å². The summed E-state index contributed by atoms with van der Waals surface area (Å²) < 4.78 is 7.01. The molecular formula is C11H10ClN3O2. The van der Waals surface area contributed by atoms with Crippen LogP contribution in [0.4, 0.5) is 0 Å². The first-order valence-electron chi connectivity index (χ1n) is 4.93. The predicted octanol–water partition coefficient (Wildman–Crippen LogP) is 1.86. The molecule has 0 saturated carbocycles. The number of rotatable bonds is 4. The highest BCUT2D eigenvalue weighted by atomic mass is 35.5. The first kappa shape index (κ1) is 11.6. The Labute approximate surface area is 103 Å². The highest BCUT2D eigenvalue weighted by Crippen LogP contribution is 2.24. The molecule has 0 fully saturated rings. The summed E-state index contributed by atoms with van der Waals surface area (Å²) in [4.78, 5) is 10.7. The highest BCUT2D eigenvalue weighted by Gasteiger charge is 2.11. The third-order valence-electron chi connectivity index (χ3n) is 2.29. The van der Waals surface area contributed by atoms with Crippen molar-refractivity contribution in [1.82, 2.24) is 15.0 Å². The van der Waals surface area contributed by atoms with E-state index in [9.17, 15) is 4.79 Å². The molecule has 88 valence electrons. The molecule has 1 heterocycles. The second kappa shape index (κ2) is 4.97. The zero-order chi connectivity index (χ0) is 12.3. The molecule has 0 radical (unpaired) electrons. The summed E-state index contributed by atoms with van der Waals surface area (Å²) in [6, 6.07) is 7.13. The van der Waals surface area contributed by atoms with Gasteiger partial charge in [-0.2, -0.15) is 0 Å². The fraction of sp³-hybridized carbons (Fsp3) is 0.182. The van der Waals surface area contributed by atoms with E-state index >= 15 is 0 Å². The molecule has 0 amide bonds. The smallest absolute Gasteiger partial charge is 0.172 e. The first-order chi connectivity index (χ1) is 8.22. The minimum absolute atomic E-state index is 0.196. The van der Waals surface area contributed by atoms with Gasteiger partial charge in [-0.25, -0.2) is 4.68 Å². The molecule has 0 aliphatic rings. The van der Waals surface area contributed by atoms with Crippen molar-refractivity contribution in [3.05, 3.63) is 40.7 Å². The van der Waals surface area contributed by atoms with Crippen LogP contribution in [0, 0.1) is 0 Å². The number of hydrogen-bond acceptors (Lipinski definition) is 4. The summed E-state index contributed by atoms with van der Waals surface area (Å²) >= 11 is 5.95. The SMILES string of the molecule is Cn1nnc(C=O)c1COc1ccccc1Cl. The Bertz CT molecular complexity index is 539. The zero-order valence-electron chi connectivity index (χ0n) is 9.13. The lowest BCUT2D eigenvalue weighted by atomic mass is 10.3. The van der Waals surface area contributed by atoms with Gasteiger partial charge in [0.2, 0.25) is 0 Å². The summed E-state index contributed by atoms with van der Waals surface area (Å²) in [5, 5.41) is 7.97. The van der Waals surface area contributed by atoms with E-state index in [4.69, 9.17) is 16.3 Å². The Morgan fingerprint density at radius 3 is 2.94 bits per heavy atom. The second-order valence-corrected chi connectivity index (χ2v) is 3.79. The van der Waals surface area contributed by atoms with Crippen molar-refractivity contribution in [1.29, 1.82) is 0 Å². The van der Waals surface area contributed by atoms with E-state index < -0.39 is 0 Å². The Hall–Kier alpha value is -1.88. The fourth-order valence-electron chi connectivity index (χ4n) is 1.36. The minimum atomic E-state index is 0.196. The average Bonchev–Trinajstić information content (AvgIpc) is 2.69. The summed E-state index contributed by atoms with van der Waals surface area (Å²) in [7, 11) is 1.70. The van der Waals surface area contributed by atoms with Crippen LogP contribution in [0.25, 0.3) is 0 Å². The van der Waals surface area contributed by atoms with E-state index in [0.29, 0.717) is 22.8 Å². The Balaban J connectivity index is 2.15. The molecular weight excluding hydrogens is 242 g/mol. The van der Waals surface area contributed by atoms with E-state index in [0.717, 1.165) is 0 Å². The van der Waals surface area contributed by atoms with Crippen molar-refractivity contribution in [2.24, 2.45) is 7.05 Å². The second-order valence-electron chi connectivity index (χ2n) is 3.38. The number of aromatic nitrogens is 3. The van der Waals surface area contributed by atoms with Crippen molar-refractivity contribution >= 4 is 17.9 Å². The van der Waals surface area contributed by atoms with Crippen LogP contribution in [-0.4, -0.2) is 21.3 Å². The maximum atomic E-state index is 10.7. The lowest BCUT2D eigenvalue weighted by Crippen LogP contribution is -2.05. The molecule has 1 aromatic carbocycles. The molecule has 0 saturated heterocycles. The highest BCUT2D eigenvalue weighted by molar-refractivity contribution is 6.32. The number of halogens is 1.